The minimum absolute atomic E-state index is 0.224. The maximum Gasteiger partial charge on any atom is 0.115 e. The van der Waals surface area contributed by atoms with E-state index in [-0.39, 0.29) is 6.61 Å². The van der Waals surface area contributed by atoms with Crippen molar-refractivity contribution in [3.8, 4) is 5.75 Å². The van der Waals surface area contributed by atoms with Crippen LogP contribution in [0.2, 0.25) is 0 Å². The third-order valence-electron chi connectivity index (χ3n) is 5.00. The van der Waals surface area contributed by atoms with Crippen molar-refractivity contribution in [1.29, 1.82) is 0 Å². The van der Waals surface area contributed by atoms with Crippen LogP contribution in [-0.4, -0.2) is 52.3 Å². The van der Waals surface area contributed by atoms with E-state index in [0.29, 0.717) is 11.8 Å². The zero-order chi connectivity index (χ0) is 17.6. The number of rotatable bonds is 6. The van der Waals surface area contributed by atoms with Crippen molar-refractivity contribution >= 4 is 0 Å². The molecule has 1 aliphatic heterocycles. The number of hydrogen-bond donors (Lipinski definition) is 2. The van der Waals surface area contributed by atoms with Crippen LogP contribution < -0.4 is 0 Å². The second kappa shape index (κ2) is 8.48. The van der Waals surface area contributed by atoms with Gasteiger partial charge in [0.2, 0.25) is 0 Å². The summed E-state index contributed by atoms with van der Waals surface area (Å²) in [7, 11) is 0. The highest BCUT2D eigenvalue weighted by Gasteiger charge is 2.26. The van der Waals surface area contributed by atoms with E-state index in [2.05, 4.69) is 41.0 Å². The molecule has 0 bridgehead atoms. The first-order chi connectivity index (χ1) is 12.1. The lowest BCUT2D eigenvalue weighted by Crippen LogP contribution is -2.52. The van der Waals surface area contributed by atoms with Gasteiger partial charge in [0.1, 0.15) is 5.75 Å². The second-order valence-corrected chi connectivity index (χ2v) is 7.02. The first-order valence-electron chi connectivity index (χ1n) is 9.05. The fraction of sp³-hybridized carbons (Fsp3) is 0.429. The molecule has 134 valence electrons. The van der Waals surface area contributed by atoms with Crippen molar-refractivity contribution in [3.63, 3.8) is 0 Å². The molecule has 2 N–H and O–H groups in total. The Labute approximate surface area is 150 Å². The largest absolute Gasteiger partial charge is 0.508 e. The summed E-state index contributed by atoms with van der Waals surface area (Å²) < 4.78 is 0. The summed E-state index contributed by atoms with van der Waals surface area (Å²) in [5.74, 6) is 0.310. The van der Waals surface area contributed by atoms with Crippen LogP contribution in [0.3, 0.4) is 0 Å². The van der Waals surface area contributed by atoms with Crippen LogP contribution in [0.4, 0.5) is 0 Å². The average molecular weight is 340 g/mol. The molecule has 1 unspecified atom stereocenters. The van der Waals surface area contributed by atoms with E-state index in [1.165, 1.54) is 16.7 Å². The summed E-state index contributed by atoms with van der Waals surface area (Å²) in [6.45, 7) is 7.17. The lowest BCUT2D eigenvalue weighted by atomic mass is 10.1. The van der Waals surface area contributed by atoms with Crippen LogP contribution in [0.15, 0.2) is 48.5 Å². The Bertz CT molecular complexity index is 655. The Balaban J connectivity index is 1.61. The first-order valence-corrected chi connectivity index (χ1v) is 9.05. The second-order valence-electron chi connectivity index (χ2n) is 7.02. The molecule has 1 saturated heterocycles. The van der Waals surface area contributed by atoms with Gasteiger partial charge in [-0.2, -0.15) is 0 Å². The quantitative estimate of drug-likeness (QED) is 0.849. The van der Waals surface area contributed by atoms with Gasteiger partial charge in [0, 0.05) is 45.4 Å². The van der Waals surface area contributed by atoms with Gasteiger partial charge < -0.3 is 10.2 Å². The topological polar surface area (TPSA) is 46.9 Å². The molecule has 0 aromatic heterocycles. The molecular weight excluding hydrogens is 312 g/mol. The number of aliphatic hydroxyl groups is 1. The van der Waals surface area contributed by atoms with Crippen molar-refractivity contribution in [2.24, 2.45) is 0 Å². The van der Waals surface area contributed by atoms with E-state index in [4.69, 9.17) is 0 Å². The Morgan fingerprint density at radius 3 is 2.24 bits per heavy atom. The molecule has 1 atom stereocenters. The summed E-state index contributed by atoms with van der Waals surface area (Å²) in [4.78, 5) is 4.94. The van der Waals surface area contributed by atoms with Gasteiger partial charge in [-0.3, -0.25) is 9.80 Å². The Morgan fingerprint density at radius 1 is 0.920 bits per heavy atom. The van der Waals surface area contributed by atoms with Gasteiger partial charge in [0.15, 0.2) is 0 Å². The summed E-state index contributed by atoms with van der Waals surface area (Å²) in [6, 6.07) is 16.6. The summed E-state index contributed by atoms with van der Waals surface area (Å²) >= 11 is 0. The van der Waals surface area contributed by atoms with Crippen LogP contribution in [0.5, 0.6) is 5.75 Å². The van der Waals surface area contributed by atoms with E-state index in [9.17, 15) is 10.2 Å². The van der Waals surface area contributed by atoms with Gasteiger partial charge >= 0.3 is 0 Å². The zero-order valence-corrected chi connectivity index (χ0v) is 14.9. The van der Waals surface area contributed by atoms with Crippen LogP contribution in [0, 0.1) is 6.92 Å². The number of benzene rings is 2. The molecule has 4 nitrogen and oxygen atoms in total. The number of aliphatic hydroxyl groups excluding tert-OH is 1. The van der Waals surface area contributed by atoms with Gasteiger partial charge in [-0.1, -0.05) is 42.0 Å². The number of hydrogen-bond acceptors (Lipinski definition) is 4. The molecule has 4 heteroatoms. The summed E-state index contributed by atoms with van der Waals surface area (Å²) in [5.41, 5.74) is 3.84. The maximum absolute atomic E-state index is 9.47. The SMILES string of the molecule is Cc1ccc(CN2CCN(Cc3ccc(O)cc3)CC2CCO)cc1. The molecule has 0 radical (unpaired) electrons. The number of phenols is 1. The minimum atomic E-state index is 0.224. The lowest BCUT2D eigenvalue weighted by Gasteiger charge is -2.41. The third-order valence-corrected chi connectivity index (χ3v) is 5.00. The predicted molar refractivity (Wildman–Crippen MR) is 100 cm³/mol. The fourth-order valence-corrected chi connectivity index (χ4v) is 3.52. The number of aryl methyl sites for hydroxylation is 1. The molecule has 0 spiro atoms. The van der Waals surface area contributed by atoms with Gasteiger partial charge in [-0.05, 0) is 36.6 Å². The van der Waals surface area contributed by atoms with E-state index in [1.807, 2.05) is 12.1 Å². The molecule has 1 aliphatic rings. The third kappa shape index (κ3) is 5.05. The smallest absolute Gasteiger partial charge is 0.115 e. The Hall–Kier alpha value is -1.88. The van der Waals surface area contributed by atoms with Crippen LogP contribution in [0.1, 0.15) is 23.1 Å². The standard InChI is InChI=1S/C21H28N2O2/c1-17-2-4-19(5-3-17)15-23-12-11-22(16-20(23)10-13-24)14-18-6-8-21(25)9-7-18/h2-9,20,24-25H,10-16H2,1H3. The van der Waals surface area contributed by atoms with Crippen molar-refractivity contribution in [1.82, 2.24) is 9.80 Å². The van der Waals surface area contributed by atoms with E-state index < -0.39 is 0 Å². The number of aromatic hydroxyl groups is 1. The lowest BCUT2D eigenvalue weighted by molar-refractivity contribution is 0.0500. The fourth-order valence-electron chi connectivity index (χ4n) is 3.52. The molecule has 2 aromatic carbocycles. The van der Waals surface area contributed by atoms with Gasteiger partial charge in [-0.15, -0.1) is 0 Å². The van der Waals surface area contributed by atoms with Crippen LogP contribution in [-0.2, 0) is 13.1 Å². The highest BCUT2D eigenvalue weighted by molar-refractivity contribution is 5.26. The highest BCUT2D eigenvalue weighted by Crippen LogP contribution is 2.19. The molecule has 3 rings (SSSR count). The Kier molecular flexibility index (Phi) is 6.08. The minimum Gasteiger partial charge on any atom is -0.508 e. The average Bonchev–Trinajstić information content (AvgIpc) is 2.61. The van der Waals surface area contributed by atoms with E-state index >= 15 is 0 Å². The van der Waals surface area contributed by atoms with Crippen molar-refractivity contribution < 1.29 is 10.2 Å². The summed E-state index contributed by atoms with van der Waals surface area (Å²) in [5, 5.41) is 18.9. The van der Waals surface area contributed by atoms with Crippen molar-refractivity contribution in [2.75, 3.05) is 26.2 Å². The number of phenolic OH excluding ortho intramolecular Hbond substituents is 1. The van der Waals surface area contributed by atoms with E-state index in [1.54, 1.807) is 12.1 Å². The Morgan fingerprint density at radius 2 is 1.56 bits per heavy atom. The first kappa shape index (κ1) is 17.9. The molecule has 1 fully saturated rings. The number of piperazine rings is 1. The van der Waals surface area contributed by atoms with Crippen molar-refractivity contribution in [2.45, 2.75) is 32.5 Å². The normalized spacial score (nSPS) is 19.2. The molecule has 1 heterocycles. The van der Waals surface area contributed by atoms with E-state index in [0.717, 1.165) is 39.1 Å². The predicted octanol–water partition coefficient (Wildman–Crippen LogP) is 2.77. The summed E-state index contributed by atoms with van der Waals surface area (Å²) in [6.07, 6.45) is 0.804. The zero-order valence-electron chi connectivity index (χ0n) is 14.9. The van der Waals surface area contributed by atoms with Gasteiger partial charge in [-0.25, -0.2) is 0 Å². The molecule has 0 saturated carbocycles. The van der Waals surface area contributed by atoms with Crippen molar-refractivity contribution in [3.05, 3.63) is 65.2 Å². The highest BCUT2D eigenvalue weighted by atomic mass is 16.3. The molecule has 25 heavy (non-hydrogen) atoms. The maximum atomic E-state index is 9.47. The molecule has 2 aromatic rings. The van der Waals surface area contributed by atoms with Gasteiger partial charge in [0.05, 0.1) is 0 Å². The van der Waals surface area contributed by atoms with Crippen LogP contribution in [0.25, 0.3) is 0 Å². The van der Waals surface area contributed by atoms with Crippen LogP contribution >= 0.6 is 0 Å². The molecule has 0 amide bonds. The monoisotopic (exact) mass is 340 g/mol. The molecule has 0 aliphatic carbocycles. The van der Waals surface area contributed by atoms with Gasteiger partial charge in [0.25, 0.3) is 0 Å². The molecular formula is C21H28N2O2. The number of nitrogens with zero attached hydrogens (tertiary/aromatic N) is 2.